The van der Waals surface area contributed by atoms with Gasteiger partial charge in [0.25, 0.3) is 0 Å². The normalized spacial score (nSPS) is 12.2. The van der Waals surface area contributed by atoms with Gasteiger partial charge in [-0.2, -0.15) is 0 Å². The zero-order valence-electron chi connectivity index (χ0n) is 17.7. The second kappa shape index (κ2) is 6.02. The summed E-state index contributed by atoms with van der Waals surface area (Å²) in [6.45, 7) is 0. The highest BCUT2D eigenvalue weighted by atomic mass is 15.2. The quantitative estimate of drug-likeness (QED) is 0.280. The Labute approximate surface area is 188 Å². The van der Waals surface area contributed by atoms with Crippen LogP contribution in [0.1, 0.15) is 0 Å². The van der Waals surface area contributed by atoms with Crippen molar-refractivity contribution >= 4 is 55.2 Å². The van der Waals surface area contributed by atoms with Crippen LogP contribution in [0.3, 0.4) is 0 Å². The van der Waals surface area contributed by atoms with Gasteiger partial charge >= 0.3 is 0 Å². The summed E-state index contributed by atoms with van der Waals surface area (Å²) in [5, 5.41) is 2.43. The van der Waals surface area contributed by atoms with Gasteiger partial charge in [0.05, 0.1) is 38.6 Å². The van der Waals surface area contributed by atoms with Crippen LogP contribution in [-0.4, -0.2) is 18.4 Å². The minimum atomic E-state index is 0.941. The molecule has 4 heterocycles. The molecule has 0 unspecified atom stereocenters. The van der Waals surface area contributed by atoms with Gasteiger partial charge in [-0.15, -0.1) is 0 Å². The van der Waals surface area contributed by atoms with Gasteiger partial charge in [-0.05, 0) is 42.5 Å². The topological polar surface area (TPSA) is 26.6 Å². The van der Waals surface area contributed by atoms with Gasteiger partial charge in [0.15, 0.2) is 0 Å². The molecule has 154 valence electrons. The molecule has 8 aromatic rings. The molecule has 0 radical (unpaired) electrons. The monoisotopic (exact) mass is 422 g/mol. The van der Waals surface area contributed by atoms with Gasteiger partial charge in [0.1, 0.15) is 0 Å². The molecule has 0 saturated heterocycles. The molecule has 0 aliphatic rings. The molecular weight excluding hydrogens is 404 g/mol. The van der Waals surface area contributed by atoms with Crippen molar-refractivity contribution in [2.75, 3.05) is 0 Å². The number of imidazole rings is 1. The van der Waals surface area contributed by atoms with E-state index in [0.717, 1.165) is 28.0 Å². The largest absolute Gasteiger partial charge is 0.306 e. The van der Waals surface area contributed by atoms with Gasteiger partial charge < -0.3 is 4.57 Å². The fraction of sp³-hybridized carbons (Fsp3) is 0. The molecule has 0 aliphatic heterocycles. The summed E-state index contributed by atoms with van der Waals surface area (Å²) in [5.74, 6) is 0.941. The molecule has 0 amide bonds. The van der Waals surface area contributed by atoms with Crippen LogP contribution in [-0.2, 0) is 0 Å². The molecule has 0 saturated carbocycles. The van der Waals surface area contributed by atoms with E-state index < -0.39 is 0 Å². The Morgan fingerprint density at radius 2 is 1.21 bits per heavy atom. The molecule has 0 aliphatic carbocycles. The molecule has 4 nitrogen and oxygen atoms in total. The minimum absolute atomic E-state index is 0.941. The zero-order chi connectivity index (χ0) is 21.5. The van der Waals surface area contributed by atoms with E-state index >= 15 is 0 Å². The van der Waals surface area contributed by atoms with E-state index in [1.54, 1.807) is 0 Å². The molecule has 0 atom stereocenters. The Bertz CT molecular complexity index is 2020. The van der Waals surface area contributed by atoms with Crippen molar-refractivity contribution in [3.8, 4) is 5.69 Å². The standard InChI is InChI=1S/C29H18N4/c1-2-11-20(12-3-1)31-24-16-8-5-13-21(24)27-28(31)26-18-19-10-4-7-15-23(19)32(26)29-30-22-14-6-9-17-25(22)33(27)29/h1-18H. The van der Waals surface area contributed by atoms with Crippen LogP contribution in [0.4, 0.5) is 0 Å². The Kier molecular flexibility index (Phi) is 3.11. The first-order valence-electron chi connectivity index (χ1n) is 11.2. The van der Waals surface area contributed by atoms with Crippen molar-refractivity contribution in [1.29, 1.82) is 0 Å². The molecular formula is C29H18N4. The van der Waals surface area contributed by atoms with Crippen molar-refractivity contribution in [2.24, 2.45) is 0 Å². The third kappa shape index (κ3) is 2.08. The van der Waals surface area contributed by atoms with Crippen LogP contribution in [0.5, 0.6) is 0 Å². The lowest BCUT2D eigenvalue weighted by Gasteiger charge is -2.10. The summed E-state index contributed by atoms with van der Waals surface area (Å²) < 4.78 is 7.05. The summed E-state index contributed by atoms with van der Waals surface area (Å²) in [6.07, 6.45) is 0. The smallest absolute Gasteiger partial charge is 0.220 e. The lowest BCUT2D eigenvalue weighted by Crippen LogP contribution is -2.00. The van der Waals surface area contributed by atoms with Gasteiger partial charge in [-0.3, -0.25) is 8.80 Å². The second-order valence-electron chi connectivity index (χ2n) is 8.55. The van der Waals surface area contributed by atoms with Crippen molar-refractivity contribution in [1.82, 2.24) is 18.4 Å². The van der Waals surface area contributed by atoms with Crippen LogP contribution in [0, 0.1) is 0 Å². The number of benzene rings is 4. The number of aromatic nitrogens is 4. The SMILES string of the molecule is c1ccc(-n2c3ccccc3c3c2c2cc4ccccc4n2c2nc4ccccc4n32)cc1. The Hall–Kier alpha value is -4.57. The summed E-state index contributed by atoms with van der Waals surface area (Å²) in [7, 11) is 0. The van der Waals surface area contributed by atoms with Crippen molar-refractivity contribution in [2.45, 2.75) is 0 Å². The zero-order valence-corrected chi connectivity index (χ0v) is 17.7. The average molecular weight is 422 g/mol. The molecule has 0 fully saturated rings. The van der Waals surface area contributed by atoms with Crippen LogP contribution in [0.25, 0.3) is 60.9 Å². The van der Waals surface area contributed by atoms with E-state index in [9.17, 15) is 0 Å². The maximum atomic E-state index is 5.12. The van der Waals surface area contributed by atoms with E-state index in [-0.39, 0.29) is 0 Å². The molecule has 4 aromatic heterocycles. The molecule has 0 spiro atoms. The predicted molar refractivity (Wildman–Crippen MR) is 135 cm³/mol. The highest BCUT2D eigenvalue weighted by molar-refractivity contribution is 6.16. The van der Waals surface area contributed by atoms with Gasteiger partial charge in [-0.1, -0.05) is 66.7 Å². The molecule has 4 aromatic carbocycles. The molecule has 4 heteroatoms. The maximum absolute atomic E-state index is 5.12. The third-order valence-electron chi connectivity index (χ3n) is 6.78. The van der Waals surface area contributed by atoms with E-state index in [0.29, 0.717) is 0 Å². The van der Waals surface area contributed by atoms with E-state index in [2.05, 4.69) is 123 Å². The van der Waals surface area contributed by atoms with Gasteiger partial charge in [-0.25, -0.2) is 4.98 Å². The number of fused-ring (bicyclic) bond motifs is 12. The molecule has 0 N–H and O–H groups in total. The molecule has 8 rings (SSSR count). The Morgan fingerprint density at radius 1 is 0.515 bits per heavy atom. The van der Waals surface area contributed by atoms with Crippen molar-refractivity contribution in [3.63, 3.8) is 0 Å². The highest BCUT2D eigenvalue weighted by Gasteiger charge is 2.22. The summed E-state index contributed by atoms with van der Waals surface area (Å²) >= 11 is 0. The average Bonchev–Trinajstić information content (AvgIpc) is 3.54. The Morgan fingerprint density at radius 3 is 2.09 bits per heavy atom. The first kappa shape index (κ1) is 17.0. The van der Waals surface area contributed by atoms with Crippen LogP contribution < -0.4 is 0 Å². The van der Waals surface area contributed by atoms with Crippen molar-refractivity contribution < 1.29 is 0 Å². The second-order valence-corrected chi connectivity index (χ2v) is 8.55. The van der Waals surface area contributed by atoms with Gasteiger partial charge in [0.2, 0.25) is 5.78 Å². The Balaban J connectivity index is 1.80. The van der Waals surface area contributed by atoms with Crippen LogP contribution in [0.2, 0.25) is 0 Å². The summed E-state index contributed by atoms with van der Waals surface area (Å²) in [4.78, 5) is 5.12. The van der Waals surface area contributed by atoms with E-state index in [1.807, 2.05) is 0 Å². The maximum Gasteiger partial charge on any atom is 0.220 e. The van der Waals surface area contributed by atoms with Crippen molar-refractivity contribution in [3.05, 3.63) is 109 Å². The van der Waals surface area contributed by atoms with E-state index in [1.165, 1.54) is 32.8 Å². The number of para-hydroxylation sites is 5. The fourth-order valence-electron chi connectivity index (χ4n) is 5.46. The number of rotatable bonds is 1. The molecule has 0 bridgehead atoms. The number of hydrogen-bond acceptors (Lipinski definition) is 1. The van der Waals surface area contributed by atoms with Gasteiger partial charge in [0, 0.05) is 16.5 Å². The van der Waals surface area contributed by atoms with Crippen LogP contribution >= 0.6 is 0 Å². The van der Waals surface area contributed by atoms with Crippen LogP contribution in [0.15, 0.2) is 109 Å². The summed E-state index contributed by atoms with van der Waals surface area (Å²) in [6, 6.07) is 38.6. The first-order chi connectivity index (χ1) is 16.4. The lowest BCUT2D eigenvalue weighted by molar-refractivity contribution is 1.13. The first-order valence-corrected chi connectivity index (χ1v) is 11.2. The predicted octanol–water partition coefficient (Wildman–Crippen LogP) is 6.99. The fourth-order valence-corrected chi connectivity index (χ4v) is 5.46. The summed E-state index contributed by atoms with van der Waals surface area (Å²) in [5.41, 5.74) is 9.17. The molecule has 33 heavy (non-hydrogen) atoms. The number of hydrogen-bond donors (Lipinski definition) is 0. The minimum Gasteiger partial charge on any atom is -0.306 e. The van der Waals surface area contributed by atoms with E-state index in [4.69, 9.17) is 4.98 Å². The lowest BCUT2D eigenvalue weighted by atomic mass is 10.2. The number of nitrogens with zero attached hydrogens (tertiary/aromatic N) is 4. The highest BCUT2D eigenvalue weighted by Crippen LogP contribution is 2.38. The third-order valence-corrected chi connectivity index (χ3v) is 6.78.